The molecule has 1 N–H and O–H groups in total. The highest BCUT2D eigenvalue weighted by Gasteiger charge is 2.10. The lowest BCUT2D eigenvalue weighted by atomic mass is 10.0. The van der Waals surface area contributed by atoms with Crippen LogP contribution < -0.4 is 5.32 Å². The summed E-state index contributed by atoms with van der Waals surface area (Å²) in [4.78, 5) is 9.08. The Balaban J connectivity index is 2.18. The number of nitrogens with one attached hydrogen (secondary N) is 1. The minimum absolute atomic E-state index is 0.442. The van der Waals surface area contributed by atoms with Crippen molar-refractivity contribution in [2.24, 2.45) is 0 Å². The van der Waals surface area contributed by atoms with Gasteiger partial charge in [-0.05, 0) is 35.7 Å². The van der Waals surface area contributed by atoms with Crippen molar-refractivity contribution >= 4 is 28.1 Å². The van der Waals surface area contributed by atoms with E-state index >= 15 is 0 Å². The quantitative estimate of drug-likeness (QED) is 0.767. The van der Waals surface area contributed by atoms with Crippen LogP contribution >= 0.6 is 11.3 Å². The summed E-state index contributed by atoms with van der Waals surface area (Å²) in [7, 11) is 1.92. The van der Waals surface area contributed by atoms with Gasteiger partial charge >= 0.3 is 0 Å². The third-order valence-electron chi connectivity index (χ3n) is 3.38. The van der Waals surface area contributed by atoms with Crippen molar-refractivity contribution in [2.45, 2.75) is 19.8 Å². The number of aromatic nitrogens is 2. The molecule has 0 aliphatic carbocycles. The number of nitrogens with zero attached hydrogens (tertiary/aromatic N) is 2. The van der Waals surface area contributed by atoms with E-state index < -0.39 is 0 Å². The molecule has 0 saturated heterocycles. The maximum Gasteiger partial charge on any atom is 0.129 e. The predicted molar refractivity (Wildman–Crippen MR) is 86.5 cm³/mol. The zero-order valence-electron chi connectivity index (χ0n) is 11.8. The smallest absolute Gasteiger partial charge is 0.129 e. The fourth-order valence-electron chi connectivity index (χ4n) is 2.33. The molecule has 4 heteroatoms. The van der Waals surface area contributed by atoms with Gasteiger partial charge in [0.1, 0.15) is 10.8 Å². The Morgan fingerprint density at radius 1 is 1.20 bits per heavy atom. The highest BCUT2D eigenvalue weighted by molar-refractivity contribution is 7.13. The Hall–Kier alpha value is -1.94. The van der Waals surface area contributed by atoms with E-state index in [9.17, 15) is 0 Å². The van der Waals surface area contributed by atoms with Crippen LogP contribution in [0.1, 0.15) is 25.3 Å². The molecule has 102 valence electrons. The number of thiazole rings is 1. The fourth-order valence-corrected chi connectivity index (χ4v) is 2.97. The topological polar surface area (TPSA) is 37.8 Å². The van der Waals surface area contributed by atoms with Crippen LogP contribution in [0.5, 0.6) is 0 Å². The molecule has 0 unspecified atom stereocenters. The minimum Gasteiger partial charge on any atom is -0.373 e. The molecule has 0 fully saturated rings. The number of anilines is 1. The molecule has 0 bridgehead atoms. The van der Waals surface area contributed by atoms with Gasteiger partial charge in [-0.2, -0.15) is 0 Å². The van der Waals surface area contributed by atoms with Crippen LogP contribution in [0.2, 0.25) is 0 Å². The molecule has 0 aliphatic rings. The summed E-state index contributed by atoms with van der Waals surface area (Å²) in [5.41, 5.74) is 3.41. The number of pyridine rings is 1. The Morgan fingerprint density at radius 3 is 2.70 bits per heavy atom. The van der Waals surface area contributed by atoms with E-state index in [4.69, 9.17) is 4.98 Å². The predicted octanol–water partition coefficient (Wildman–Crippen LogP) is 4.52. The Morgan fingerprint density at radius 2 is 2.05 bits per heavy atom. The molecule has 2 heterocycles. The van der Waals surface area contributed by atoms with E-state index in [-0.39, 0.29) is 0 Å². The molecule has 0 spiro atoms. The summed E-state index contributed by atoms with van der Waals surface area (Å²) >= 11 is 1.66. The summed E-state index contributed by atoms with van der Waals surface area (Å²) < 4.78 is 0. The monoisotopic (exact) mass is 283 g/mol. The van der Waals surface area contributed by atoms with E-state index in [0.29, 0.717) is 5.92 Å². The van der Waals surface area contributed by atoms with Crippen molar-refractivity contribution in [3.05, 3.63) is 41.4 Å². The standard InChI is InChI=1S/C16H17N3S/c1-10(2)13-9-12-8-11(16-18-6-7-20-16)4-5-14(12)19-15(13)17-3/h4-10H,1-3H3,(H,17,19). The molecule has 2 aromatic heterocycles. The first-order valence-corrected chi connectivity index (χ1v) is 7.59. The molecular weight excluding hydrogens is 266 g/mol. The largest absolute Gasteiger partial charge is 0.373 e. The summed E-state index contributed by atoms with van der Waals surface area (Å²) in [6, 6.07) is 8.56. The molecule has 3 rings (SSSR count). The molecule has 0 atom stereocenters. The van der Waals surface area contributed by atoms with Gasteiger partial charge in [0, 0.05) is 29.6 Å². The maximum atomic E-state index is 4.71. The maximum absolute atomic E-state index is 4.71. The molecule has 0 aliphatic heterocycles. The van der Waals surface area contributed by atoms with Gasteiger partial charge in [0.15, 0.2) is 0 Å². The molecule has 0 saturated carbocycles. The average Bonchev–Trinajstić information content (AvgIpc) is 2.99. The van der Waals surface area contributed by atoms with Gasteiger partial charge in [0.2, 0.25) is 0 Å². The van der Waals surface area contributed by atoms with E-state index in [1.807, 2.05) is 18.6 Å². The van der Waals surface area contributed by atoms with Gasteiger partial charge in [-0.25, -0.2) is 9.97 Å². The molecule has 1 aromatic carbocycles. The van der Waals surface area contributed by atoms with Crippen molar-refractivity contribution in [1.82, 2.24) is 9.97 Å². The van der Waals surface area contributed by atoms with Crippen LogP contribution in [0.4, 0.5) is 5.82 Å². The number of rotatable bonds is 3. The normalized spacial score (nSPS) is 11.2. The van der Waals surface area contributed by atoms with Gasteiger partial charge in [-0.15, -0.1) is 11.3 Å². The Bertz CT molecular complexity index is 733. The molecule has 3 aromatic rings. The number of hydrogen-bond acceptors (Lipinski definition) is 4. The number of hydrogen-bond donors (Lipinski definition) is 1. The molecular formula is C16H17N3S. The molecule has 3 nitrogen and oxygen atoms in total. The molecule has 0 amide bonds. The summed E-state index contributed by atoms with van der Waals surface area (Å²) in [6.45, 7) is 4.38. The minimum atomic E-state index is 0.442. The van der Waals surface area contributed by atoms with E-state index in [1.54, 1.807) is 11.3 Å². The zero-order valence-corrected chi connectivity index (χ0v) is 12.7. The lowest BCUT2D eigenvalue weighted by Gasteiger charge is -2.13. The van der Waals surface area contributed by atoms with Crippen LogP contribution in [0.25, 0.3) is 21.5 Å². The van der Waals surface area contributed by atoms with Gasteiger partial charge in [-0.1, -0.05) is 13.8 Å². The first kappa shape index (κ1) is 13.1. The molecule has 20 heavy (non-hydrogen) atoms. The Kier molecular flexibility index (Phi) is 3.40. The van der Waals surface area contributed by atoms with Crippen molar-refractivity contribution in [3.8, 4) is 10.6 Å². The van der Waals surface area contributed by atoms with Gasteiger partial charge in [0.25, 0.3) is 0 Å². The zero-order chi connectivity index (χ0) is 14.1. The van der Waals surface area contributed by atoms with Crippen molar-refractivity contribution in [3.63, 3.8) is 0 Å². The average molecular weight is 283 g/mol. The van der Waals surface area contributed by atoms with Gasteiger partial charge in [-0.3, -0.25) is 0 Å². The first-order chi connectivity index (χ1) is 9.69. The first-order valence-electron chi connectivity index (χ1n) is 6.71. The van der Waals surface area contributed by atoms with Crippen LogP contribution in [0.15, 0.2) is 35.8 Å². The van der Waals surface area contributed by atoms with Crippen molar-refractivity contribution < 1.29 is 0 Å². The SMILES string of the molecule is CNc1nc2ccc(-c3nccs3)cc2cc1C(C)C. The van der Waals surface area contributed by atoms with E-state index in [0.717, 1.165) is 21.9 Å². The second-order valence-electron chi connectivity index (χ2n) is 5.08. The van der Waals surface area contributed by atoms with E-state index in [2.05, 4.69) is 48.4 Å². The second kappa shape index (κ2) is 5.21. The lowest BCUT2D eigenvalue weighted by molar-refractivity contribution is 0.864. The number of benzene rings is 1. The lowest BCUT2D eigenvalue weighted by Crippen LogP contribution is -2.00. The van der Waals surface area contributed by atoms with Crippen LogP contribution in [0.3, 0.4) is 0 Å². The van der Waals surface area contributed by atoms with Crippen LogP contribution in [0, 0.1) is 0 Å². The van der Waals surface area contributed by atoms with Gasteiger partial charge < -0.3 is 5.32 Å². The fraction of sp³-hybridized carbons (Fsp3) is 0.250. The highest BCUT2D eigenvalue weighted by atomic mass is 32.1. The number of fused-ring (bicyclic) bond motifs is 1. The van der Waals surface area contributed by atoms with E-state index in [1.165, 1.54) is 10.9 Å². The third-order valence-corrected chi connectivity index (χ3v) is 4.20. The van der Waals surface area contributed by atoms with Crippen molar-refractivity contribution in [2.75, 3.05) is 12.4 Å². The highest BCUT2D eigenvalue weighted by Crippen LogP contribution is 2.30. The summed E-state index contributed by atoms with van der Waals surface area (Å²) in [5, 5.41) is 7.41. The summed E-state index contributed by atoms with van der Waals surface area (Å²) in [5.74, 6) is 1.41. The second-order valence-corrected chi connectivity index (χ2v) is 5.97. The van der Waals surface area contributed by atoms with Crippen LogP contribution in [-0.4, -0.2) is 17.0 Å². The van der Waals surface area contributed by atoms with Gasteiger partial charge in [0.05, 0.1) is 5.52 Å². The van der Waals surface area contributed by atoms with Crippen LogP contribution in [-0.2, 0) is 0 Å². The van der Waals surface area contributed by atoms with Crippen molar-refractivity contribution in [1.29, 1.82) is 0 Å². The third kappa shape index (κ3) is 2.27. The summed E-state index contributed by atoms with van der Waals surface area (Å²) in [6.07, 6.45) is 1.84. The molecule has 0 radical (unpaired) electrons. The Labute approximate surface area is 122 Å².